The average molecular weight is 265 g/mol. The maximum absolute atomic E-state index is 11.5. The summed E-state index contributed by atoms with van der Waals surface area (Å²) in [6.07, 6.45) is 0. The summed E-state index contributed by atoms with van der Waals surface area (Å²) in [7, 11) is 1.49. The van der Waals surface area contributed by atoms with Crippen molar-refractivity contribution in [2.45, 2.75) is 20.8 Å². The lowest BCUT2D eigenvalue weighted by atomic mass is 9.97. The molecule has 0 radical (unpaired) electrons. The molecule has 2 N–H and O–H groups in total. The molecule has 104 valence electrons. The Hall–Kier alpha value is -2.11. The van der Waals surface area contributed by atoms with Gasteiger partial charge in [-0.25, -0.2) is 0 Å². The van der Waals surface area contributed by atoms with Crippen LogP contribution < -0.4 is 10.6 Å². The summed E-state index contributed by atoms with van der Waals surface area (Å²) >= 11 is 0. The molecule has 6 heteroatoms. The fraction of sp³-hybridized carbons (Fsp3) is 0.462. The number of benzene rings is 1. The second-order valence-corrected chi connectivity index (χ2v) is 5.48. The molecule has 0 bridgehead atoms. The largest absolute Gasteiger partial charge is 0.379 e. The molecule has 1 amide bonds. The van der Waals surface area contributed by atoms with Crippen LogP contribution in [0, 0.1) is 15.5 Å². The second-order valence-electron chi connectivity index (χ2n) is 5.48. The van der Waals surface area contributed by atoms with Gasteiger partial charge in [-0.3, -0.25) is 14.9 Å². The number of rotatable bonds is 4. The SMILES string of the molecule is CNC(=O)c1ccc(NCC(C)(C)C)c([N+](=O)[O-])c1. The van der Waals surface area contributed by atoms with Crippen LogP contribution in [0.15, 0.2) is 18.2 Å². The minimum atomic E-state index is -0.489. The van der Waals surface area contributed by atoms with Crippen molar-refractivity contribution in [3.63, 3.8) is 0 Å². The number of carbonyl (C=O) groups excluding carboxylic acids is 1. The van der Waals surface area contributed by atoms with E-state index >= 15 is 0 Å². The van der Waals surface area contributed by atoms with Gasteiger partial charge in [0.1, 0.15) is 5.69 Å². The van der Waals surface area contributed by atoms with Crippen molar-refractivity contribution in [3.05, 3.63) is 33.9 Å². The molecule has 0 aliphatic heterocycles. The molecule has 0 heterocycles. The van der Waals surface area contributed by atoms with Gasteiger partial charge < -0.3 is 10.6 Å². The van der Waals surface area contributed by atoms with Crippen molar-refractivity contribution in [3.8, 4) is 0 Å². The first-order valence-electron chi connectivity index (χ1n) is 5.99. The smallest absolute Gasteiger partial charge is 0.293 e. The van der Waals surface area contributed by atoms with Crippen molar-refractivity contribution >= 4 is 17.3 Å². The van der Waals surface area contributed by atoms with Crippen LogP contribution >= 0.6 is 0 Å². The third-order valence-corrected chi connectivity index (χ3v) is 2.49. The van der Waals surface area contributed by atoms with Gasteiger partial charge in [0.25, 0.3) is 11.6 Å². The number of hydrogen-bond donors (Lipinski definition) is 2. The number of carbonyl (C=O) groups is 1. The van der Waals surface area contributed by atoms with Crippen LogP contribution in [-0.2, 0) is 0 Å². The lowest BCUT2D eigenvalue weighted by Gasteiger charge is -2.19. The second kappa shape index (κ2) is 5.69. The van der Waals surface area contributed by atoms with E-state index in [4.69, 9.17) is 0 Å². The quantitative estimate of drug-likeness (QED) is 0.646. The number of nitrogens with one attached hydrogen (secondary N) is 2. The Kier molecular flexibility index (Phi) is 4.47. The Morgan fingerprint density at radius 1 is 1.37 bits per heavy atom. The molecule has 0 aliphatic rings. The zero-order valence-corrected chi connectivity index (χ0v) is 11.6. The van der Waals surface area contributed by atoms with Gasteiger partial charge in [0.2, 0.25) is 0 Å². The van der Waals surface area contributed by atoms with Crippen LogP contribution in [0.3, 0.4) is 0 Å². The molecule has 1 rings (SSSR count). The highest BCUT2D eigenvalue weighted by Gasteiger charge is 2.18. The highest BCUT2D eigenvalue weighted by molar-refractivity contribution is 5.95. The van der Waals surface area contributed by atoms with Gasteiger partial charge in [-0.05, 0) is 17.5 Å². The van der Waals surface area contributed by atoms with E-state index in [9.17, 15) is 14.9 Å². The first-order valence-corrected chi connectivity index (χ1v) is 5.99. The van der Waals surface area contributed by atoms with Gasteiger partial charge in [-0.2, -0.15) is 0 Å². The molecule has 0 unspecified atom stereocenters. The van der Waals surface area contributed by atoms with Crippen LogP contribution in [-0.4, -0.2) is 24.4 Å². The van der Waals surface area contributed by atoms with E-state index in [1.165, 1.54) is 13.1 Å². The third-order valence-electron chi connectivity index (χ3n) is 2.49. The highest BCUT2D eigenvalue weighted by Crippen LogP contribution is 2.27. The number of anilines is 1. The van der Waals surface area contributed by atoms with E-state index in [-0.39, 0.29) is 22.6 Å². The Morgan fingerprint density at radius 2 is 2.00 bits per heavy atom. The van der Waals surface area contributed by atoms with E-state index in [2.05, 4.69) is 10.6 Å². The van der Waals surface area contributed by atoms with Gasteiger partial charge in [-0.15, -0.1) is 0 Å². The average Bonchev–Trinajstić information content (AvgIpc) is 2.34. The molecular formula is C13H19N3O3. The van der Waals surface area contributed by atoms with Crippen LogP contribution in [0.2, 0.25) is 0 Å². The molecule has 1 aromatic carbocycles. The van der Waals surface area contributed by atoms with Crippen LogP contribution in [0.1, 0.15) is 31.1 Å². The number of nitrogens with zero attached hydrogens (tertiary/aromatic N) is 1. The molecule has 0 aliphatic carbocycles. The molecule has 0 saturated heterocycles. The zero-order valence-electron chi connectivity index (χ0n) is 11.6. The number of nitro benzene ring substituents is 1. The molecule has 19 heavy (non-hydrogen) atoms. The molecule has 0 fully saturated rings. The van der Waals surface area contributed by atoms with Crippen molar-refractivity contribution in [1.29, 1.82) is 0 Å². The third kappa shape index (κ3) is 4.24. The number of hydrogen-bond acceptors (Lipinski definition) is 4. The number of amides is 1. The van der Waals surface area contributed by atoms with Crippen molar-refractivity contribution < 1.29 is 9.72 Å². The fourth-order valence-corrected chi connectivity index (χ4v) is 1.48. The maximum atomic E-state index is 11.5. The molecule has 0 saturated carbocycles. The molecule has 6 nitrogen and oxygen atoms in total. The topological polar surface area (TPSA) is 84.3 Å². The Bertz CT molecular complexity index is 492. The normalized spacial score (nSPS) is 10.9. The van der Waals surface area contributed by atoms with E-state index in [0.29, 0.717) is 12.2 Å². The van der Waals surface area contributed by atoms with Gasteiger partial charge in [-0.1, -0.05) is 20.8 Å². The lowest BCUT2D eigenvalue weighted by molar-refractivity contribution is -0.384. The van der Waals surface area contributed by atoms with E-state index in [1.54, 1.807) is 12.1 Å². The molecule has 0 atom stereocenters. The van der Waals surface area contributed by atoms with E-state index < -0.39 is 4.92 Å². The molecule has 0 aromatic heterocycles. The molecule has 0 spiro atoms. The van der Waals surface area contributed by atoms with Crippen molar-refractivity contribution in [2.75, 3.05) is 18.9 Å². The summed E-state index contributed by atoms with van der Waals surface area (Å²) < 4.78 is 0. The molecular weight excluding hydrogens is 246 g/mol. The highest BCUT2D eigenvalue weighted by atomic mass is 16.6. The summed E-state index contributed by atoms with van der Waals surface area (Å²) in [4.78, 5) is 22.0. The lowest BCUT2D eigenvalue weighted by Crippen LogP contribution is -2.20. The zero-order chi connectivity index (χ0) is 14.6. The summed E-state index contributed by atoms with van der Waals surface area (Å²) in [6, 6.07) is 4.41. The van der Waals surface area contributed by atoms with E-state index in [1.807, 2.05) is 20.8 Å². The van der Waals surface area contributed by atoms with Gasteiger partial charge in [0, 0.05) is 25.2 Å². The fourth-order valence-electron chi connectivity index (χ4n) is 1.48. The Morgan fingerprint density at radius 3 is 2.47 bits per heavy atom. The van der Waals surface area contributed by atoms with Gasteiger partial charge >= 0.3 is 0 Å². The van der Waals surface area contributed by atoms with Gasteiger partial charge in [0.05, 0.1) is 4.92 Å². The predicted molar refractivity (Wildman–Crippen MR) is 74.4 cm³/mol. The monoisotopic (exact) mass is 265 g/mol. The Labute approximate surface area is 112 Å². The van der Waals surface area contributed by atoms with E-state index in [0.717, 1.165) is 0 Å². The minimum Gasteiger partial charge on any atom is -0.379 e. The van der Waals surface area contributed by atoms with Gasteiger partial charge in [0.15, 0.2) is 0 Å². The van der Waals surface area contributed by atoms with Crippen LogP contribution in [0.25, 0.3) is 0 Å². The summed E-state index contributed by atoms with van der Waals surface area (Å²) in [5.41, 5.74) is 0.612. The standard InChI is InChI=1S/C13H19N3O3/c1-13(2,3)8-15-10-6-5-9(12(17)14-4)7-11(10)16(18)19/h5-7,15H,8H2,1-4H3,(H,14,17). The van der Waals surface area contributed by atoms with Crippen LogP contribution in [0.4, 0.5) is 11.4 Å². The number of nitro groups is 1. The van der Waals surface area contributed by atoms with Crippen molar-refractivity contribution in [1.82, 2.24) is 5.32 Å². The predicted octanol–water partition coefficient (Wildman–Crippen LogP) is 2.41. The molecule has 1 aromatic rings. The minimum absolute atomic E-state index is 0.00728. The Balaban J connectivity index is 3.05. The van der Waals surface area contributed by atoms with Crippen molar-refractivity contribution in [2.24, 2.45) is 5.41 Å². The van der Waals surface area contributed by atoms with Crippen LogP contribution in [0.5, 0.6) is 0 Å². The summed E-state index contributed by atoms with van der Waals surface area (Å²) in [5, 5.41) is 16.5. The summed E-state index contributed by atoms with van der Waals surface area (Å²) in [6.45, 7) is 6.70. The summed E-state index contributed by atoms with van der Waals surface area (Å²) in [5.74, 6) is -0.342. The maximum Gasteiger partial charge on any atom is 0.293 e. The first-order chi connectivity index (χ1) is 8.74. The first kappa shape index (κ1) is 14.9.